The van der Waals surface area contributed by atoms with Crippen molar-refractivity contribution in [2.75, 3.05) is 12.8 Å². The monoisotopic (exact) mass is 221 g/mol. The molecule has 5 heteroatoms. The molecule has 0 aliphatic rings. The van der Waals surface area contributed by atoms with Crippen molar-refractivity contribution >= 4 is 5.82 Å². The van der Waals surface area contributed by atoms with Gasteiger partial charge in [-0.1, -0.05) is 0 Å². The van der Waals surface area contributed by atoms with E-state index in [1.54, 1.807) is 19.2 Å². The Kier molecular flexibility index (Phi) is 2.52. The number of H-pyrrole nitrogens is 1. The van der Waals surface area contributed by atoms with E-state index >= 15 is 0 Å². The number of hydrogen-bond donors (Lipinski definition) is 2. The summed E-state index contributed by atoms with van der Waals surface area (Å²) < 4.78 is 18.6. The highest BCUT2D eigenvalue weighted by atomic mass is 19.1. The number of aromatic amines is 1. The van der Waals surface area contributed by atoms with E-state index in [9.17, 15) is 4.39 Å². The summed E-state index contributed by atoms with van der Waals surface area (Å²) in [6.45, 7) is 1.66. The van der Waals surface area contributed by atoms with Gasteiger partial charge in [-0.15, -0.1) is 0 Å². The largest absolute Gasteiger partial charge is 0.496 e. The third-order valence-corrected chi connectivity index (χ3v) is 2.50. The molecular formula is C11H12FN3O. The topological polar surface area (TPSA) is 63.9 Å². The number of nitrogens with zero attached hydrogens (tertiary/aromatic N) is 1. The second kappa shape index (κ2) is 3.84. The van der Waals surface area contributed by atoms with Gasteiger partial charge in [0.15, 0.2) is 0 Å². The third-order valence-electron chi connectivity index (χ3n) is 2.50. The first-order valence-corrected chi connectivity index (χ1v) is 4.77. The van der Waals surface area contributed by atoms with Crippen molar-refractivity contribution in [3.63, 3.8) is 0 Å². The van der Waals surface area contributed by atoms with Crippen molar-refractivity contribution in [1.82, 2.24) is 10.2 Å². The second-order valence-electron chi connectivity index (χ2n) is 3.45. The Balaban J connectivity index is 2.66. The molecule has 3 N–H and O–H groups in total. The average Bonchev–Trinajstić information content (AvgIpc) is 2.68. The predicted octanol–water partition coefficient (Wildman–Crippen LogP) is 2.12. The zero-order valence-electron chi connectivity index (χ0n) is 9.04. The molecular weight excluding hydrogens is 209 g/mol. The number of ether oxygens (including phenoxy) is 1. The number of nitrogens with one attached hydrogen (secondary N) is 1. The minimum absolute atomic E-state index is 0.303. The van der Waals surface area contributed by atoms with Crippen LogP contribution in [0.15, 0.2) is 18.3 Å². The van der Waals surface area contributed by atoms with Gasteiger partial charge in [0.2, 0.25) is 0 Å². The van der Waals surface area contributed by atoms with Crippen LogP contribution in [-0.4, -0.2) is 17.3 Å². The molecule has 0 radical (unpaired) electrons. The number of benzene rings is 1. The summed E-state index contributed by atoms with van der Waals surface area (Å²) >= 11 is 0. The Morgan fingerprint density at radius 1 is 1.38 bits per heavy atom. The molecule has 2 rings (SSSR count). The summed E-state index contributed by atoms with van der Waals surface area (Å²) in [4.78, 5) is 0. The molecule has 84 valence electrons. The second-order valence-corrected chi connectivity index (χ2v) is 3.45. The molecule has 0 aliphatic heterocycles. The maximum Gasteiger partial charge on any atom is 0.132 e. The number of rotatable bonds is 2. The summed E-state index contributed by atoms with van der Waals surface area (Å²) in [5, 5.41) is 6.46. The van der Waals surface area contributed by atoms with Crippen LogP contribution < -0.4 is 10.5 Å². The lowest BCUT2D eigenvalue weighted by Gasteiger charge is -2.11. The minimum atomic E-state index is -0.303. The normalized spacial score (nSPS) is 10.4. The molecule has 2 aromatic rings. The van der Waals surface area contributed by atoms with Crippen LogP contribution in [0.4, 0.5) is 10.2 Å². The summed E-state index contributed by atoms with van der Waals surface area (Å²) in [5.74, 6) is 0.611. The summed E-state index contributed by atoms with van der Waals surface area (Å²) in [7, 11) is 1.50. The zero-order chi connectivity index (χ0) is 11.7. The molecule has 0 fully saturated rings. The van der Waals surface area contributed by atoms with E-state index < -0.39 is 0 Å². The van der Waals surface area contributed by atoms with Crippen LogP contribution in [0.1, 0.15) is 5.56 Å². The molecule has 0 atom stereocenters. The van der Waals surface area contributed by atoms with E-state index in [-0.39, 0.29) is 5.82 Å². The van der Waals surface area contributed by atoms with E-state index in [1.165, 1.54) is 13.2 Å². The molecule has 0 saturated heterocycles. The number of hydrogen-bond acceptors (Lipinski definition) is 3. The smallest absolute Gasteiger partial charge is 0.132 e. The molecule has 4 nitrogen and oxygen atoms in total. The van der Waals surface area contributed by atoms with Gasteiger partial charge in [0.05, 0.1) is 13.3 Å². The SMILES string of the molecule is COc1c(-c2cn[nH]c2N)ccc(F)c1C. The van der Waals surface area contributed by atoms with Crippen LogP contribution in [0.5, 0.6) is 5.75 Å². The maximum absolute atomic E-state index is 13.4. The van der Waals surface area contributed by atoms with Crippen molar-refractivity contribution in [3.05, 3.63) is 29.7 Å². The van der Waals surface area contributed by atoms with E-state index in [4.69, 9.17) is 10.5 Å². The molecule has 0 aliphatic carbocycles. The Morgan fingerprint density at radius 2 is 2.12 bits per heavy atom. The molecule has 1 aromatic carbocycles. The molecule has 1 aromatic heterocycles. The molecule has 0 saturated carbocycles. The quantitative estimate of drug-likeness (QED) is 0.816. The summed E-state index contributed by atoms with van der Waals surface area (Å²) in [5.41, 5.74) is 7.61. The Morgan fingerprint density at radius 3 is 2.69 bits per heavy atom. The first-order valence-electron chi connectivity index (χ1n) is 4.77. The van der Waals surface area contributed by atoms with Gasteiger partial charge in [-0.05, 0) is 19.1 Å². The predicted molar refractivity (Wildman–Crippen MR) is 59.7 cm³/mol. The maximum atomic E-state index is 13.4. The fraction of sp³-hybridized carbons (Fsp3) is 0.182. The number of aromatic nitrogens is 2. The van der Waals surface area contributed by atoms with E-state index in [0.29, 0.717) is 22.7 Å². The van der Waals surface area contributed by atoms with Crippen molar-refractivity contribution in [1.29, 1.82) is 0 Å². The number of nitrogen functional groups attached to an aromatic ring is 1. The molecule has 0 unspecified atom stereocenters. The van der Waals surface area contributed by atoms with E-state index in [0.717, 1.165) is 5.56 Å². The average molecular weight is 221 g/mol. The van der Waals surface area contributed by atoms with Crippen LogP contribution in [0, 0.1) is 12.7 Å². The number of nitrogens with two attached hydrogens (primary N) is 1. The lowest BCUT2D eigenvalue weighted by molar-refractivity contribution is 0.409. The van der Waals surface area contributed by atoms with Gasteiger partial charge in [-0.2, -0.15) is 5.10 Å². The van der Waals surface area contributed by atoms with Crippen molar-refractivity contribution in [2.45, 2.75) is 6.92 Å². The van der Waals surface area contributed by atoms with Crippen molar-refractivity contribution in [3.8, 4) is 16.9 Å². The van der Waals surface area contributed by atoms with Crippen LogP contribution in [0.25, 0.3) is 11.1 Å². The van der Waals surface area contributed by atoms with Crippen LogP contribution in [0.2, 0.25) is 0 Å². The number of methoxy groups -OCH3 is 1. The Hall–Kier alpha value is -2.04. The Bertz CT molecular complexity index is 522. The highest BCUT2D eigenvalue weighted by molar-refractivity contribution is 5.79. The van der Waals surface area contributed by atoms with Crippen molar-refractivity contribution < 1.29 is 9.13 Å². The van der Waals surface area contributed by atoms with Gasteiger partial charge in [-0.25, -0.2) is 4.39 Å². The minimum Gasteiger partial charge on any atom is -0.496 e. The highest BCUT2D eigenvalue weighted by Gasteiger charge is 2.15. The first-order chi connectivity index (χ1) is 7.65. The van der Waals surface area contributed by atoms with Crippen LogP contribution in [-0.2, 0) is 0 Å². The molecule has 0 spiro atoms. The zero-order valence-corrected chi connectivity index (χ0v) is 9.04. The Labute approximate surface area is 92.2 Å². The molecule has 0 amide bonds. The molecule has 16 heavy (non-hydrogen) atoms. The van der Waals surface area contributed by atoms with E-state index in [2.05, 4.69) is 10.2 Å². The van der Waals surface area contributed by atoms with Crippen LogP contribution >= 0.6 is 0 Å². The summed E-state index contributed by atoms with van der Waals surface area (Å²) in [6.07, 6.45) is 1.59. The van der Waals surface area contributed by atoms with Crippen LogP contribution in [0.3, 0.4) is 0 Å². The fourth-order valence-corrected chi connectivity index (χ4v) is 1.65. The van der Waals surface area contributed by atoms with Gasteiger partial charge in [0.25, 0.3) is 0 Å². The van der Waals surface area contributed by atoms with E-state index in [1.807, 2.05) is 0 Å². The number of anilines is 1. The summed E-state index contributed by atoms with van der Waals surface area (Å²) in [6, 6.07) is 3.02. The van der Waals surface area contributed by atoms with Gasteiger partial charge in [0.1, 0.15) is 17.4 Å². The lowest BCUT2D eigenvalue weighted by Crippen LogP contribution is -1.95. The standard InChI is InChI=1S/C11H12FN3O/c1-6-9(12)4-3-7(10(6)16-2)8-5-14-15-11(8)13/h3-5H,1-2H3,(H3,13,14,15). The number of halogens is 1. The van der Waals surface area contributed by atoms with Gasteiger partial charge in [-0.3, -0.25) is 5.10 Å². The fourth-order valence-electron chi connectivity index (χ4n) is 1.65. The van der Waals surface area contributed by atoms with Crippen molar-refractivity contribution in [2.24, 2.45) is 0 Å². The highest BCUT2D eigenvalue weighted by Crippen LogP contribution is 2.35. The molecule has 0 bridgehead atoms. The lowest BCUT2D eigenvalue weighted by atomic mass is 10.0. The van der Waals surface area contributed by atoms with Gasteiger partial charge in [0, 0.05) is 16.7 Å². The third kappa shape index (κ3) is 1.50. The first kappa shape index (κ1) is 10.5. The van der Waals surface area contributed by atoms with Gasteiger partial charge < -0.3 is 10.5 Å². The molecule has 1 heterocycles. The van der Waals surface area contributed by atoms with Gasteiger partial charge >= 0.3 is 0 Å².